The van der Waals surface area contributed by atoms with E-state index in [4.69, 9.17) is 0 Å². The molecule has 0 aromatic heterocycles. The van der Waals surface area contributed by atoms with Crippen molar-refractivity contribution in [3.8, 4) is 0 Å². The predicted molar refractivity (Wildman–Crippen MR) is 121 cm³/mol. The average Bonchev–Trinajstić information content (AvgIpc) is 3.16. The molecule has 3 heteroatoms. The maximum absolute atomic E-state index is 13.9. The molecule has 0 N–H and O–H groups in total. The minimum absolute atomic E-state index is 0.0783. The number of likely N-dealkylation sites (tertiary alicyclic amines) is 2. The van der Waals surface area contributed by atoms with E-state index in [1.807, 2.05) is 12.1 Å². The Morgan fingerprint density at radius 1 is 1.14 bits per heavy atom. The average molecular weight is 395 g/mol. The van der Waals surface area contributed by atoms with Crippen LogP contribution in [0.5, 0.6) is 0 Å². The monoisotopic (exact) mass is 394 g/mol. The topological polar surface area (TPSA) is 6.48 Å². The smallest absolute Gasteiger partial charge is 0.126 e. The highest BCUT2D eigenvalue weighted by molar-refractivity contribution is 5.36. The molecule has 0 radical (unpaired) electrons. The zero-order valence-corrected chi connectivity index (χ0v) is 18.0. The third-order valence-corrected chi connectivity index (χ3v) is 6.53. The van der Waals surface area contributed by atoms with Crippen LogP contribution in [0.15, 0.2) is 72.5 Å². The fourth-order valence-electron chi connectivity index (χ4n) is 4.44. The van der Waals surface area contributed by atoms with Gasteiger partial charge in [-0.1, -0.05) is 55.2 Å². The van der Waals surface area contributed by atoms with Crippen molar-refractivity contribution in [3.05, 3.63) is 83.9 Å². The summed E-state index contributed by atoms with van der Waals surface area (Å²) in [6.07, 6.45) is 10.6. The molecule has 0 saturated carbocycles. The number of benzene rings is 1. The molecular weight excluding hydrogens is 359 g/mol. The fraction of sp³-hybridized carbons (Fsp3) is 0.462. The number of hydrogen-bond acceptors (Lipinski definition) is 2. The fourth-order valence-corrected chi connectivity index (χ4v) is 4.44. The lowest BCUT2D eigenvalue weighted by Gasteiger charge is -2.35. The molecule has 1 unspecified atom stereocenters. The Morgan fingerprint density at radius 2 is 1.86 bits per heavy atom. The first kappa shape index (κ1) is 21.6. The molecule has 29 heavy (non-hydrogen) atoms. The van der Waals surface area contributed by atoms with Crippen molar-refractivity contribution in [2.24, 2.45) is 11.8 Å². The zero-order valence-electron chi connectivity index (χ0n) is 18.0. The van der Waals surface area contributed by atoms with Gasteiger partial charge in [0.15, 0.2) is 0 Å². The highest BCUT2D eigenvalue weighted by Gasteiger charge is 2.22. The van der Waals surface area contributed by atoms with E-state index in [9.17, 15) is 4.39 Å². The van der Waals surface area contributed by atoms with Gasteiger partial charge >= 0.3 is 0 Å². The van der Waals surface area contributed by atoms with E-state index < -0.39 is 0 Å². The SMILES string of the molecule is C=C(/C=C\C=C(/C)C1CCN(C)C1)C(=C)N1CCC(Cc2ccccc2F)CC1. The minimum Gasteiger partial charge on any atom is -0.372 e. The van der Waals surface area contributed by atoms with Crippen molar-refractivity contribution >= 4 is 0 Å². The molecule has 2 aliphatic rings. The third-order valence-electron chi connectivity index (χ3n) is 6.53. The molecule has 0 bridgehead atoms. The second-order valence-corrected chi connectivity index (χ2v) is 8.72. The Balaban J connectivity index is 1.46. The lowest BCUT2D eigenvalue weighted by molar-refractivity contribution is 0.229. The van der Waals surface area contributed by atoms with Crippen molar-refractivity contribution in [2.75, 3.05) is 33.2 Å². The number of nitrogens with zero attached hydrogens (tertiary/aromatic N) is 2. The Hall–Kier alpha value is -2.13. The number of rotatable bonds is 7. The van der Waals surface area contributed by atoms with Crippen molar-refractivity contribution in [1.29, 1.82) is 0 Å². The van der Waals surface area contributed by atoms with Gasteiger partial charge in [-0.15, -0.1) is 0 Å². The Morgan fingerprint density at radius 3 is 2.52 bits per heavy atom. The second kappa shape index (κ2) is 10.1. The molecular formula is C26H35FN2. The van der Waals surface area contributed by atoms with Crippen LogP contribution in [0.3, 0.4) is 0 Å². The molecule has 2 aliphatic heterocycles. The quantitative estimate of drug-likeness (QED) is 0.555. The largest absolute Gasteiger partial charge is 0.372 e. The van der Waals surface area contributed by atoms with Gasteiger partial charge < -0.3 is 9.80 Å². The highest BCUT2D eigenvalue weighted by Crippen LogP contribution is 2.27. The van der Waals surface area contributed by atoms with E-state index in [1.54, 1.807) is 12.1 Å². The van der Waals surface area contributed by atoms with Gasteiger partial charge in [0.25, 0.3) is 0 Å². The lowest BCUT2D eigenvalue weighted by Crippen LogP contribution is -2.33. The van der Waals surface area contributed by atoms with Crippen LogP contribution in [-0.4, -0.2) is 43.0 Å². The van der Waals surface area contributed by atoms with Gasteiger partial charge in [-0.2, -0.15) is 0 Å². The summed E-state index contributed by atoms with van der Waals surface area (Å²) < 4.78 is 13.9. The summed E-state index contributed by atoms with van der Waals surface area (Å²) in [5.74, 6) is 1.13. The second-order valence-electron chi connectivity index (χ2n) is 8.72. The van der Waals surface area contributed by atoms with Crippen molar-refractivity contribution in [2.45, 2.75) is 32.6 Å². The first-order chi connectivity index (χ1) is 13.9. The molecule has 1 aromatic rings. The predicted octanol–water partition coefficient (Wildman–Crippen LogP) is 5.60. The summed E-state index contributed by atoms with van der Waals surface area (Å²) in [5, 5.41) is 0. The van der Waals surface area contributed by atoms with Gasteiger partial charge in [0.2, 0.25) is 0 Å². The standard InChI is InChI=1S/C26H35FN2/c1-20(8-7-9-21(2)25-14-15-28(4)19-25)22(3)29-16-12-23(13-17-29)18-24-10-5-6-11-26(24)27/h5-11,23,25H,1,3,12-19H2,2,4H3/b8-7-,21-9+. The molecule has 2 nitrogen and oxygen atoms in total. The van der Waals surface area contributed by atoms with Crippen molar-refractivity contribution < 1.29 is 4.39 Å². The number of hydrogen-bond donors (Lipinski definition) is 0. The van der Waals surface area contributed by atoms with Gasteiger partial charge in [-0.25, -0.2) is 4.39 Å². The zero-order chi connectivity index (χ0) is 20.8. The van der Waals surface area contributed by atoms with Gasteiger partial charge in [0, 0.05) is 25.3 Å². The molecule has 0 aliphatic carbocycles. The molecule has 3 rings (SSSR count). The van der Waals surface area contributed by atoms with Gasteiger partial charge in [-0.05, 0) is 75.2 Å². The minimum atomic E-state index is -0.0783. The van der Waals surface area contributed by atoms with E-state index in [2.05, 4.69) is 55.2 Å². The molecule has 1 atom stereocenters. The van der Waals surface area contributed by atoms with Gasteiger partial charge in [0.05, 0.1) is 0 Å². The van der Waals surface area contributed by atoms with E-state index in [1.165, 1.54) is 18.5 Å². The van der Waals surface area contributed by atoms with Crippen LogP contribution in [0.2, 0.25) is 0 Å². The highest BCUT2D eigenvalue weighted by atomic mass is 19.1. The molecule has 2 fully saturated rings. The third kappa shape index (κ3) is 5.93. The molecule has 2 heterocycles. The maximum atomic E-state index is 13.9. The normalized spacial score (nSPS) is 21.8. The summed E-state index contributed by atoms with van der Waals surface area (Å²) in [6.45, 7) is 15.0. The van der Waals surface area contributed by atoms with Crippen LogP contribution in [0.1, 0.15) is 31.7 Å². The number of allylic oxidation sites excluding steroid dienone is 3. The van der Waals surface area contributed by atoms with Crippen LogP contribution in [-0.2, 0) is 6.42 Å². The van der Waals surface area contributed by atoms with Crippen LogP contribution in [0.4, 0.5) is 4.39 Å². The van der Waals surface area contributed by atoms with E-state index >= 15 is 0 Å². The van der Waals surface area contributed by atoms with E-state index in [0.29, 0.717) is 11.8 Å². The Kier molecular flexibility index (Phi) is 7.49. The van der Waals surface area contributed by atoms with E-state index in [0.717, 1.165) is 55.7 Å². The first-order valence-electron chi connectivity index (χ1n) is 10.8. The summed E-state index contributed by atoms with van der Waals surface area (Å²) in [6, 6.07) is 7.15. The number of piperidine rings is 1. The van der Waals surface area contributed by atoms with Gasteiger partial charge in [-0.3, -0.25) is 0 Å². The lowest BCUT2D eigenvalue weighted by atomic mass is 9.89. The summed E-state index contributed by atoms with van der Waals surface area (Å²) in [5.41, 5.74) is 4.27. The van der Waals surface area contributed by atoms with Crippen molar-refractivity contribution in [3.63, 3.8) is 0 Å². The maximum Gasteiger partial charge on any atom is 0.126 e. The van der Waals surface area contributed by atoms with Crippen molar-refractivity contribution in [1.82, 2.24) is 9.80 Å². The van der Waals surface area contributed by atoms with Crippen LogP contribution >= 0.6 is 0 Å². The molecule has 1 aromatic carbocycles. The molecule has 2 saturated heterocycles. The Bertz CT molecular complexity index is 784. The first-order valence-corrected chi connectivity index (χ1v) is 10.8. The summed E-state index contributed by atoms with van der Waals surface area (Å²) >= 11 is 0. The van der Waals surface area contributed by atoms with E-state index in [-0.39, 0.29) is 5.82 Å². The summed E-state index contributed by atoms with van der Waals surface area (Å²) in [7, 11) is 2.19. The van der Waals surface area contributed by atoms with Gasteiger partial charge in [0.1, 0.15) is 5.82 Å². The Labute approximate surface area is 176 Å². The number of halogens is 1. The molecule has 0 spiro atoms. The van der Waals surface area contributed by atoms with Crippen LogP contribution in [0, 0.1) is 17.7 Å². The molecule has 0 amide bonds. The van der Waals surface area contributed by atoms with Crippen LogP contribution < -0.4 is 0 Å². The molecule has 156 valence electrons. The summed E-state index contributed by atoms with van der Waals surface area (Å²) in [4.78, 5) is 4.72. The van der Waals surface area contributed by atoms with Crippen LogP contribution in [0.25, 0.3) is 0 Å².